The van der Waals surface area contributed by atoms with Crippen LogP contribution in [-0.2, 0) is 9.59 Å². The van der Waals surface area contributed by atoms with Gasteiger partial charge < -0.3 is 10.6 Å². The summed E-state index contributed by atoms with van der Waals surface area (Å²) < 4.78 is 0.769. The summed E-state index contributed by atoms with van der Waals surface area (Å²) in [6, 6.07) is 1.86. The standard InChI is InChI=1S/C12H14BrN3O2/c1-7-4-9(6-15-11(7)13)16-12(18)8-2-3-10(17)14-5-8/h4,6,8H,2-3,5H2,1H3,(H,14,17)(H,16,18). The molecule has 0 bridgehead atoms. The van der Waals surface area contributed by atoms with Crippen molar-refractivity contribution < 1.29 is 9.59 Å². The van der Waals surface area contributed by atoms with E-state index in [2.05, 4.69) is 31.5 Å². The third-order valence-electron chi connectivity index (χ3n) is 2.92. The molecule has 0 aliphatic carbocycles. The highest BCUT2D eigenvalue weighted by molar-refractivity contribution is 9.10. The molecule has 1 aromatic heterocycles. The van der Waals surface area contributed by atoms with Crippen LogP contribution in [0, 0.1) is 12.8 Å². The summed E-state index contributed by atoms with van der Waals surface area (Å²) in [5.41, 5.74) is 1.64. The highest BCUT2D eigenvalue weighted by Crippen LogP contribution is 2.18. The van der Waals surface area contributed by atoms with Crippen LogP contribution in [0.4, 0.5) is 5.69 Å². The number of aryl methyl sites for hydroxylation is 1. The Kier molecular flexibility index (Phi) is 3.96. The van der Waals surface area contributed by atoms with Crippen LogP contribution in [-0.4, -0.2) is 23.3 Å². The van der Waals surface area contributed by atoms with Crippen LogP contribution < -0.4 is 10.6 Å². The monoisotopic (exact) mass is 311 g/mol. The van der Waals surface area contributed by atoms with E-state index in [0.717, 1.165) is 10.2 Å². The maximum atomic E-state index is 12.0. The second-order valence-corrected chi connectivity index (χ2v) is 5.11. The van der Waals surface area contributed by atoms with E-state index in [9.17, 15) is 9.59 Å². The number of carbonyl (C=O) groups excluding carboxylic acids is 2. The molecule has 2 heterocycles. The average Bonchev–Trinajstić information content (AvgIpc) is 2.34. The first-order chi connectivity index (χ1) is 8.56. The summed E-state index contributed by atoms with van der Waals surface area (Å²) in [5.74, 6) is -0.217. The smallest absolute Gasteiger partial charge is 0.229 e. The maximum Gasteiger partial charge on any atom is 0.229 e. The zero-order valence-electron chi connectivity index (χ0n) is 10.00. The van der Waals surface area contributed by atoms with Gasteiger partial charge in [-0.15, -0.1) is 0 Å². The quantitative estimate of drug-likeness (QED) is 0.815. The summed E-state index contributed by atoms with van der Waals surface area (Å²) in [5, 5.41) is 5.52. The fraction of sp³-hybridized carbons (Fsp3) is 0.417. The molecule has 6 heteroatoms. The minimum Gasteiger partial charge on any atom is -0.355 e. The van der Waals surface area contributed by atoms with Gasteiger partial charge in [-0.1, -0.05) is 0 Å². The molecular weight excluding hydrogens is 298 g/mol. The third-order valence-corrected chi connectivity index (χ3v) is 3.75. The Balaban J connectivity index is 1.98. The van der Waals surface area contributed by atoms with E-state index in [-0.39, 0.29) is 17.7 Å². The van der Waals surface area contributed by atoms with Crippen LogP contribution in [0.15, 0.2) is 16.9 Å². The molecule has 0 radical (unpaired) electrons. The van der Waals surface area contributed by atoms with Gasteiger partial charge in [0.25, 0.3) is 0 Å². The van der Waals surface area contributed by atoms with Crippen LogP contribution in [0.25, 0.3) is 0 Å². The number of pyridine rings is 1. The van der Waals surface area contributed by atoms with Crippen molar-refractivity contribution in [2.75, 3.05) is 11.9 Å². The first-order valence-electron chi connectivity index (χ1n) is 5.76. The van der Waals surface area contributed by atoms with Gasteiger partial charge in [0, 0.05) is 13.0 Å². The van der Waals surface area contributed by atoms with Crippen LogP contribution in [0.3, 0.4) is 0 Å². The van der Waals surface area contributed by atoms with Crippen LogP contribution in [0.1, 0.15) is 18.4 Å². The molecule has 2 rings (SSSR count). The van der Waals surface area contributed by atoms with Crippen LogP contribution >= 0.6 is 15.9 Å². The number of halogens is 1. The van der Waals surface area contributed by atoms with Crippen molar-refractivity contribution in [3.63, 3.8) is 0 Å². The van der Waals surface area contributed by atoms with Gasteiger partial charge in [0.1, 0.15) is 4.60 Å². The number of nitrogens with one attached hydrogen (secondary N) is 2. The number of rotatable bonds is 2. The van der Waals surface area contributed by atoms with Crippen molar-refractivity contribution in [2.45, 2.75) is 19.8 Å². The van der Waals surface area contributed by atoms with Crippen molar-refractivity contribution in [2.24, 2.45) is 5.92 Å². The van der Waals surface area contributed by atoms with Crippen LogP contribution in [0.2, 0.25) is 0 Å². The van der Waals surface area contributed by atoms with Crippen LogP contribution in [0.5, 0.6) is 0 Å². The van der Waals surface area contributed by atoms with E-state index >= 15 is 0 Å². The van der Waals surface area contributed by atoms with E-state index in [1.165, 1.54) is 0 Å². The highest BCUT2D eigenvalue weighted by Gasteiger charge is 2.24. The molecule has 1 fully saturated rings. The molecule has 96 valence electrons. The summed E-state index contributed by atoms with van der Waals surface area (Å²) in [4.78, 5) is 27.1. The predicted molar refractivity (Wildman–Crippen MR) is 71.0 cm³/mol. The first kappa shape index (κ1) is 13.0. The topological polar surface area (TPSA) is 71.1 Å². The number of piperidine rings is 1. The summed E-state index contributed by atoms with van der Waals surface area (Å²) in [7, 11) is 0. The van der Waals surface area contributed by atoms with Gasteiger partial charge in [0.2, 0.25) is 11.8 Å². The molecule has 0 aromatic carbocycles. The number of anilines is 1. The predicted octanol–water partition coefficient (Wildman–Crippen LogP) is 1.62. The van der Waals surface area contributed by atoms with Gasteiger partial charge in [-0.05, 0) is 40.9 Å². The van der Waals surface area contributed by atoms with Gasteiger partial charge in [-0.2, -0.15) is 0 Å². The third kappa shape index (κ3) is 3.07. The van der Waals surface area contributed by atoms with Crippen molar-refractivity contribution in [1.82, 2.24) is 10.3 Å². The lowest BCUT2D eigenvalue weighted by Crippen LogP contribution is -2.40. The lowest BCUT2D eigenvalue weighted by Gasteiger charge is -2.21. The molecule has 5 nitrogen and oxygen atoms in total. The number of nitrogens with zero attached hydrogens (tertiary/aromatic N) is 1. The zero-order valence-corrected chi connectivity index (χ0v) is 11.6. The fourth-order valence-electron chi connectivity index (χ4n) is 1.83. The Morgan fingerprint density at radius 3 is 3.00 bits per heavy atom. The lowest BCUT2D eigenvalue weighted by molar-refractivity contribution is -0.126. The molecule has 1 aromatic rings. The van der Waals surface area contributed by atoms with E-state index in [0.29, 0.717) is 25.1 Å². The minimum absolute atomic E-state index is 0.0141. The molecule has 0 spiro atoms. The molecule has 2 amide bonds. The SMILES string of the molecule is Cc1cc(NC(=O)C2CCC(=O)NC2)cnc1Br. The molecule has 1 aliphatic heterocycles. The van der Waals surface area contributed by atoms with Gasteiger partial charge in [0.15, 0.2) is 0 Å². The van der Waals surface area contributed by atoms with E-state index in [1.807, 2.05) is 13.0 Å². The second-order valence-electron chi connectivity index (χ2n) is 4.36. The number of hydrogen-bond acceptors (Lipinski definition) is 3. The van der Waals surface area contributed by atoms with Gasteiger partial charge >= 0.3 is 0 Å². The van der Waals surface area contributed by atoms with Crippen molar-refractivity contribution in [3.05, 3.63) is 22.4 Å². The molecule has 1 saturated heterocycles. The lowest BCUT2D eigenvalue weighted by atomic mass is 9.98. The molecular formula is C12H14BrN3O2. The number of amides is 2. The zero-order chi connectivity index (χ0) is 13.1. The Morgan fingerprint density at radius 1 is 1.61 bits per heavy atom. The first-order valence-corrected chi connectivity index (χ1v) is 6.55. The Labute approximate surface area is 113 Å². The summed E-state index contributed by atoms with van der Waals surface area (Å²) >= 11 is 3.31. The minimum atomic E-state index is -0.161. The molecule has 2 N–H and O–H groups in total. The Morgan fingerprint density at radius 2 is 2.39 bits per heavy atom. The van der Waals surface area contributed by atoms with E-state index in [4.69, 9.17) is 0 Å². The van der Waals surface area contributed by atoms with Gasteiger partial charge in [0.05, 0.1) is 17.8 Å². The molecule has 0 saturated carbocycles. The highest BCUT2D eigenvalue weighted by atomic mass is 79.9. The molecule has 1 aliphatic rings. The molecule has 1 unspecified atom stereocenters. The van der Waals surface area contributed by atoms with Crippen molar-refractivity contribution in [3.8, 4) is 0 Å². The van der Waals surface area contributed by atoms with E-state index in [1.54, 1.807) is 6.20 Å². The largest absolute Gasteiger partial charge is 0.355 e. The Hall–Kier alpha value is -1.43. The number of aromatic nitrogens is 1. The van der Waals surface area contributed by atoms with E-state index < -0.39 is 0 Å². The summed E-state index contributed by atoms with van der Waals surface area (Å²) in [6.45, 7) is 2.32. The number of hydrogen-bond donors (Lipinski definition) is 2. The average molecular weight is 312 g/mol. The number of carbonyl (C=O) groups is 2. The second kappa shape index (κ2) is 5.48. The van der Waals surface area contributed by atoms with Gasteiger partial charge in [-0.25, -0.2) is 4.98 Å². The van der Waals surface area contributed by atoms with Crippen molar-refractivity contribution in [1.29, 1.82) is 0 Å². The summed E-state index contributed by atoms with van der Waals surface area (Å²) in [6.07, 6.45) is 2.62. The fourth-order valence-corrected chi connectivity index (χ4v) is 2.04. The molecule has 1 atom stereocenters. The normalized spacial score (nSPS) is 19.2. The molecule has 18 heavy (non-hydrogen) atoms. The Bertz CT molecular complexity index is 480. The van der Waals surface area contributed by atoms with Crippen molar-refractivity contribution >= 4 is 33.4 Å². The van der Waals surface area contributed by atoms with Gasteiger partial charge in [-0.3, -0.25) is 9.59 Å². The maximum absolute atomic E-state index is 12.0.